The molecule has 0 fully saturated rings. The number of aromatic nitrogens is 3. The quantitative estimate of drug-likeness (QED) is 0.600. The van der Waals surface area contributed by atoms with Crippen LogP contribution in [0.15, 0.2) is 59.0 Å². The molecule has 0 saturated carbocycles. The molecule has 0 saturated heterocycles. The van der Waals surface area contributed by atoms with E-state index in [4.69, 9.17) is 10.2 Å². The summed E-state index contributed by atoms with van der Waals surface area (Å²) in [5.74, 6) is 1.79. The maximum Gasteiger partial charge on any atom is 0.255 e. The first-order valence-electron chi connectivity index (χ1n) is 7.70. The maximum absolute atomic E-state index is 12.4. The summed E-state index contributed by atoms with van der Waals surface area (Å²) in [6.07, 6.45) is 0. The second kappa shape index (κ2) is 5.79. The Morgan fingerprint density at radius 2 is 1.96 bits per heavy atom. The Bertz CT molecular complexity index is 1070. The molecule has 0 atom stereocenters. The number of carbonyl (C=O) groups excluding carboxylic acids is 1. The van der Waals surface area contributed by atoms with Crippen molar-refractivity contribution in [3.63, 3.8) is 0 Å². The molecule has 0 spiro atoms. The third-order valence-electron chi connectivity index (χ3n) is 3.72. The van der Waals surface area contributed by atoms with Crippen LogP contribution in [0.4, 0.5) is 11.5 Å². The van der Waals surface area contributed by atoms with Crippen molar-refractivity contribution in [3.8, 4) is 11.6 Å². The zero-order valence-electron chi connectivity index (χ0n) is 13.4. The molecule has 0 unspecified atom stereocenters. The number of furan rings is 1. The third-order valence-corrected chi connectivity index (χ3v) is 3.72. The van der Waals surface area contributed by atoms with Gasteiger partial charge >= 0.3 is 0 Å². The first-order valence-corrected chi connectivity index (χ1v) is 7.70. The monoisotopic (exact) mass is 333 g/mol. The predicted molar refractivity (Wildman–Crippen MR) is 94.2 cm³/mol. The fourth-order valence-electron chi connectivity index (χ4n) is 2.52. The van der Waals surface area contributed by atoms with Crippen LogP contribution in [-0.2, 0) is 0 Å². The van der Waals surface area contributed by atoms with E-state index in [1.807, 2.05) is 43.3 Å². The summed E-state index contributed by atoms with van der Waals surface area (Å²) in [6.45, 7) is 1.85. The number of aryl methyl sites for hydroxylation is 1. The number of anilines is 2. The van der Waals surface area contributed by atoms with Gasteiger partial charge in [0.25, 0.3) is 5.91 Å². The lowest BCUT2D eigenvalue weighted by Crippen LogP contribution is -2.13. The highest BCUT2D eigenvalue weighted by Gasteiger charge is 2.15. The van der Waals surface area contributed by atoms with Crippen molar-refractivity contribution in [1.29, 1.82) is 0 Å². The number of nitrogen functional groups attached to an aromatic ring is 1. The number of rotatable bonds is 3. The van der Waals surface area contributed by atoms with Crippen LogP contribution < -0.4 is 11.1 Å². The molecule has 4 aromatic rings. The van der Waals surface area contributed by atoms with E-state index in [0.717, 1.165) is 5.76 Å². The van der Waals surface area contributed by atoms with Gasteiger partial charge in [-0.3, -0.25) is 4.79 Å². The van der Waals surface area contributed by atoms with Crippen LogP contribution in [0.2, 0.25) is 0 Å². The second-order valence-electron chi connectivity index (χ2n) is 5.60. The van der Waals surface area contributed by atoms with Crippen LogP contribution in [0.1, 0.15) is 16.1 Å². The Balaban J connectivity index is 1.70. The van der Waals surface area contributed by atoms with Crippen molar-refractivity contribution >= 4 is 23.1 Å². The van der Waals surface area contributed by atoms with Gasteiger partial charge < -0.3 is 15.5 Å². The molecule has 25 heavy (non-hydrogen) atoms. The fraction of sp³-hybridized carbons (Fsp3) is 0.0556. The van der Waals surface area contributed by atoms with Gasteiger partial charge in [-0.05, 0) is 43.3 Å². The molecule has 0 radical (unpaired) electrons. The standard InChI is InChI=1S/C18H15N5O2/c1-11-7-8-14(25-11)17-21-16-10-12(9-15(19)23(16)22-17)18(24)20-13-5-3-2-4-6-13/h2-10H,19H2,1H3,(H,20,24). The number of pyridine rings is 1. The fourth-order valence-corrected chi connectivity index (χ4v) is 2.52. The summed E-state index contributed by atoms with van der Waals surface area (Å²) in [6, 6.07) is 16.0. The number of fused-ring (bicyclic) bond motifs is 1. The third kappa shape index (κ3) is 2.83. The predicted octanol–water partition coefficient (Wildman–Crippen LogP) is 3.13. The van der Waals surface area contributed by atoms with Crippen molar-refractivity contribution in [1.82, 2.24) is 14.6 Å². The summed E-state index contributed by atoms with van der Waals surface area (Å²) >= 11 is 0. The minimum Gasteiger partial charge on any atom is -0.458 e. The summed E-state index contributed by atoms with van der Waals surface area (Å²) in [5.41, 5.74) is 7.62. The number of hydrogen-bond acceptors (Lipinski definition) is 5. The minimum atomic E-state index is -0.265. The highest BCUT2D eigenvalue weighted by molar-refractivity contribution is 6.05. The van der Waals surface area contributed by atoms with Crippen molar-refractivity contribution in [2.45, 2.75) is 6.92 Å². The van der Waals surface area contributed by atoms with Crippen molar-refractivity contribution in [2.24, 2.45) is 0 Å². The number of nitrogens with zero attached hydrogens (tertiary/aromatic N) is 3. The van der Waals surface area contributed by atoms with Gasteiger partial charge in [-0.15, -0.1) is 5.10 Å². The molecule has 7 heteroatoms. The number of para-hydroxylation sites is 1. The first-order chi connectivity index (χ1) is 12.1. The van der Waals surface area contributed by atoms with Crippen LogP contribution in [0.5, 0.6) is 0 Å². The molecule has 0 aliphatic heterocycles. The van der Waals surface area contributed by atoms with Gasteiger partial charge in [0.15, 0.2) is 11.4 Å². The van der Waals surface area contributed by atoms with Crippen LogP contribution in [0.3, 0.4) is 0 Å². The maximum atomic E-state index is 12.4. The molecule has 124 valence electrons. The van der Waals surface area contributed by atoms with Gasteiger partial charge in [-0.2, -0.15) is 4.52 Å². The summed E-state index contributed by atoms with van der Waals surface area (Å²) in [4.78, 5) is 16.9. The smallest absolute Gasteiger partial charge is 0.255 e. The van der Waals surface area contributed by atoms with Crippen molar-refractivity contribution in [2.75, 3.05) is 11.1 Å². The first kappa shape index (κ1) is 14.9. The molecule has 4 rings (SSSR count). The largest absolute Gasteiger partial charge is 0.458 e. The molecule has 1 aromatic carbocycles. The minimum absolute atomic E-state index is 0.265. The summed E-state index contributed by atoms with van der Waals surface area (Å²) in [7, 11) is 0. The van der Waals surface area contributed by atoms with Gasteiger partial charge in [0, 0.05) is 11.3 Å². The average Bonchev–Trinajstić information content (AvgIpc) is 3.22. The Labute approximate surface area is 143 Å². The Kier molecular flexibility index (Phi) is 3.46. The lowest BCUT2D eigenvalue weighted by atomic mass is 10.2. The van der Waals surface area contributed by atoms with E-state index in [9.17, 15) is 4.79 Å². The molecule has 3 aromatic heterocycles. The molecule has 3 heterocycles. The van der Waals surface area contributed by atoms with Gasteiger partial charge in [-0.25, -0.2) is 4.98 Å². The molecule has 0 aliphatic rings. The zero-order chi connectivity index (χ0) is 17.4. The average molecular weight is 333 g/mol. The van der Waals surface area contributed by atoms with Crippen molar-refractivity contribution < 1.29 is 9.21 Å². The van der Waals surface area contributed by atoms with E-state index in [-0.39, 0.29) is 5.91 Å². The topological polar surface area (TPSA) is 98.5 Å². The number of carbonyl (C=O) groups is 1. The van der Waals surface area contributed by atoms with Crippen molar-refractivity contribution in [3.05, 3.63) is 65.9 Å². The molecule has 7 nitrogen and oxygen atoms in total. The molecule has 1 amide bonds. The normalized spacial score (nSPS) is 10.9. The van der Waals surface area contributed by atoms with Crippen LogP contribution in [-0.4, -0.2) is 20.5 Å². The molecule has 0 bridgehead atoms. The van der Waals surface area contributed by atoms with Crippen LogP contribution in [0, 0.1) is 6.92 Å². The van der Waals surface area contributed by atoms with E-state index >= 15 is 0 Å². The Morgan fingerprint density at radius 1 is 1.16 bits per heavy atom. The molecule has 3 N–H and O–H groups in total. The van der Waals surface area contributed by atoms with Crippen LogP contribution in [0.25, 0.3) is 17.2 Å². The number of nitrogens with one attached hydrogen (secondary N) is 1. The van der Waals surface area contributed by atoms with Gasteiger partial charge in [0.1, 0.15) is 11.6 Å². The van der Waals surface area contributed by atoms with Gasteiger partial charge in [-0.1, -0.05) is 18.2 Å². The number of benzene rings is 1. The Morgan fingerprint density at radius 3 is 2.68 bits per heavy atom. The van der Waals surface area contributed by atoms with E-state index in [2.05, 4.69) is 15.4 Å². The second-order valence-corrected chi connectivity index (χ2v) is 5.60. The van der Waals surface area contributed by atoms with Crippen LogP contribution >= 0.6 is 0 Å². The molecular weight excluding hydrogens is 318 g/mol. The van der Waals surface area contributed by atoms with Gasteiger partial charge in [0.05, 0.1) is 0 Å². The lowest BCUT2D eigenvalue weighted by Gasteiger charge is -2.06. The highest BCUT2D eigenvalue weighted by Crippen LogP contribution is 2.21. The van der Waals surface area contributed by atoms with E-state index in [1.54, 1.807) is 18.2 Å². The highest BCUT2D eigenvalue weighted by atomic mass is 16.3. The number of amides is 1. The van der Waals surface area contributed by atoms with Gasteiger partial charge in [0.2, 0.25) is 5.82 Å². The van der Waals surface area contributed by atoms with E-state index in [0.29, 0.717) is 34.3 Å². The van der Waals surface area contributed by atoms with E-state index in [1.165, 1.54) is 4.52 Å². The van der Waals surface area contributed by atoms with E-state index < -0.39 is 0 Å². The number of nitrogens with two attached hydrogens (primary N) is 1. The molecular formula is C18H15N5O2. The zero-order valence-corrected chi connectivity index (χ0v) is 13.4. The lowest BCUT2D eigenvalue weighted by molar-refractivity contribution is 0.102. The Hall–Kier alpha value is -3.61. The molecule has 0 aliphatic carbocycles. The summed E-state index contributed by atoms with van der Waals surface area (Å²) in [5, 5.41) is 7.16. The SMILES string of the molecule is Cc1ccc(-c2nc3cc(C(=O)Nc4ccccc4)cc(N)n3n2)o1. The summed E-state index contributed by atoms with van der Waals surface area (Å²) < 4.78 is 7.02. The number of hydrogen-bond donors (Lipinski definition) is 2.